The van der Waals surface area contributed by atoms with Crippen molar-refractivity contribution in [3.05, 3.63) is 35.5 Å². The van der Waals surface area contributed by atoms with Gasteiger partial charge in [0, 0.05) is 29.4 Å². The van der Waals surface area contributed by atoms with Crippen LogP contribution >= 0.6 is 0 Å². The Labute approximate surface area is 135 Å². The summed E-state index contributed by atoms with van der Waals surface area (Å²) in [6.07, 6.45) is 3.46. The number of ether oxygens (including phenoxy) is 1. The Morgan fingerprint density at radius 2 is 2.13 bits per heavy atom. The van der Waals surface area contributed by atoms with E-state index in [0.29, 0.717) is 18.7 Å². The van der Waals surface area contributed by atoms with E-state index in [0.717, 1.165) is 35.7 Å². The molecule has 4 nitrogen and oxygen atoms in total. The van der Waals surface area contributed by atoms with E-state index in [1.54, 1.807) is 0 Å². The van der Waals surface area contributed by atoms with Gasteiger partial charge < -0.3 is 9.30 Å². The molecule has 0 saturated heterocycles. The van der Waals surface area contributed by atoms with Gasteiger partial charge in [-0.1, -0.05) is 31.0 Å². The van der Waals surface area contributed by atoms with Crippen LogP contribution in [0.3, 0.4) is 0 Å². The molecule has 0 N–H and O–H groups in total. The Hall–Kier alpha value is -2.10. The third kappa shape index (κ3) is 1.66. The van der Waals surface area contributed by atoms with E-state index in [1.807, 2.05) is 42.8 Å². The molecule has 0 spiro atoms. The van der Waals surface area contributed by atoms with Crippen molar-refractivity contribution in [2.24, 2.45) is 13.0 Å². The fraction of sp³-hybridized carbons (Fsp3) is 0.474. The predicted molar refractivity (Wildman–Crippen MR) is 87.5 cm³/mol. The summed E-state index contributed by atoms with van der Waals surface area (Å²) >= 11 is 0. The minimum Gasteiger partial charge on any atom is -0.465 e. The molecular formula is C19H21NO3. The zero-order valence-electron chi connectivity index (χ0n) is 13.6. The number of carbonyl (C=O) groups excluding carboxylic acids is 2. The van der Waals surface area contributed by atoms with Gasteiger partial charge in [-0.25, -0.2) is 0 Å². The molecule has 0 amide bonds. The van der Waals surface area contributed by atoms with Crippen LogP contribution in [0.1, 0.15) is 48.7 Å². The number of para-hydroxylation sites is 1. The molecule has 120 valence electrons. The zero-order chi connectivity index (χ0) is 16.2. The predicted octanol–water partition coefficient (Wildman–Crippen LogP) is 3.37. The van der Waals surface area contributed by atoms with Crippen LogP contribution in [0, 0.1) is 5.92 Å². The summed E-state index contributed by atoms with van der Waals surface area (Å²) in [6.45, 7) is 2.18. The Bertz CT molecular complexity index is 819. The lowest BCUT2D eigenvalue weighted by molar-refractivity contribution is -0.153. The first kappa shape index (κ1) is 14.5. The van der Waals surface area contributed by atoms with Crippen LogP contribution in [0.25, 0.3) is 10.9 Å². The SMILES string of the molecule is CCOC(=O)[C@@]12CCCC[C@@H]1C(=O)c1c2c2ccccc2n1C. The normalized spacial score (nSPS) is 26.2. The minimum atomic E-state index is -0.776. The number of aromatic nitrogens is 1. The average molecular weight is 311 g/mol. The standard InChI is InChI=1S/C19H21NO3/c1-3-23-18(22)19-11-7-6-9-13(19)17(21)16-15(19)12-8-4-5-10-14(12)20(16)2/h4-5,8,10,13H,3,6-7,9,11H2,1-2H3/t13-,19+/m1/s1. The quantitative estimate of drug-likeness (QED) is 0.799. The van der Waals surface area contributed by atoms with Crippen LogP contribution in [0.4, 0.5) is 0 Å². The monoisotopic (exact) mass is 311 g/mol. The molecule has 2 aromatic rings. The number of nitrogens with zero attached hydrogens (tertiary/aromatic N) is 1. The summed E-state index contributed by atoms with van der Waals surface area (Å²) in [5.41, 5.74) is 1.87. The highest BCUT2D eigenvalue weighted by Gasteiger charge is 2.60. The van der Waals surface area contributed by atoms with Crippen molar-refractivity contribution >= 4 is 22.7 Å². The van der Waals surface area contributed by atoms with E-state index in [2.05, 4.69) is 0 Å². The van der Waals surface area contributed by atoms with E-state index in [1.165, 1.54) is 0 Å². The molecule has 0 radical (unpaired) electrons. The summed E-state index contributed by atoms with van der Waals surface area (Å²) in [5.74, 6) is -0.351. The average Bonchev–Trinajstić information content (AvgIpc) is 3.02. The van der Waals surface area contributed by atoms with Gasteiger partial charge in [-0.2, -0.15) is 0 Å². The smallest absolute Gasteiger partial charge is 0.317 e. The third-order valence-corrected chi connectivity index (χ3v) is 5.65. The molecule has 4 heteroatoms. The van der Waals surface area contributed by atoms with Crippen LogP contribution in [0.5, 0.6) is 0 Å². The van der Waals surface area contributed by atoms with Gasteiger partial charge in [0.1, 0.15) is 5.41 Å². The minimum absolute atomic E-state index is 0.117. The number of fused-ring (bicyclic) bond motifs is 5. The number of rotatable bonds is 2. The van der Waals surface area contributed by atoms with Crippen molar-refractivity contribution in [2.45, 2.75) is 38.0 Å². The molecule has 2 aliphatic carbocycles. The van der Waals surface area contributed by atoms with Crippen LogP contribution in [0.2, 0.25) is 0 Å². The lowest BCUT2D eigenvalue weighted by Gasteiger charge is -2.36. The number of carbonyl (C=O) groups is 2. The maximum atomic E-state index is 13.1. The summed E-state index contributed by atoms with van der Waals surface area (Å²) in [6, 6.07) is 7.98. The van der Waals surface area contributed by atoms with E-state index in [4.69, 9.17) is 4.74 Å². The van der Waals surface area contributed by atoms with Gasteiger partial charge in [0.25, 0.3) is 0 Å². The molecule has 1 heterocycles. The fourth-order valence-electron chi connectivity index (χ4n) is 4.73. The lowest BCUT2D eigenvalue weighted by Crippen LogP contribution is -2.45. The lowest BCUT2D eigenvalue weighted by atomic mass is 9.65. The molecule has 1 aromatic carbocycles. The van der Waals surface area contributed by atoms with E-state index in [9.17, 15) is 9.59 Å². The van der Waals surface area contributed by atoms with Gasteiger partial charge in [0.15, 0.2) is 5.78 Å². The summed E-state index contributed by atoms with van der Waals surface area (Å²) < 4.78 is 7.41. The second kappa shape index (κ2) is 4.95. The summed E-state index contributed by atoms with van der Waals surface area (Å²) in [5, 5.41) is 1.02. The topological polar surface area (TPSA) is 48.3 Å². The largest absolute Gasteiger partial charge is 0.465 e. The number of esters is 1. The molecule has 0 aliphatic heterocycles. The number of hydrogen-bond acceptors (Lipinski definition) is 3. The van der Waals surface area contributed by atoms with Crippen molar-refractivity contribution in [1.82, 2.24) is 4.57 Å². The number of ketones is 1. The first-order valence-corrected chi connectivity index (χ1v) is 8.42. The number of aryl methyl sites for hydroxylation is 1. The maximum absolute atomic E-state index is 13.1. The molecule has 2 aliphatic rings. The van der Waals surface area contributed by atoms with Crippen molar-refractivity contribution in [2.75, 3.05) is 6.61 Å². The second-order valence-electron chi connectivity index (χ2n) is 6.65. The molecule has 23 heavy (non-hydrogen) atoms. The van der Waals surface area contributed by atoms with Gasteiger partial charge >= 0.3 is 5.97 Å². The van der Waals surface area contributed by atoms with Gasteiger partial charge in [0.2, 0.25) is 0 Å². The third-order valence-electron chi connectivity index (χ3n) is 5.65. The Kier molecular flexibility index (Phi) is 3.12. The fourth-order valence-corrected chi connectivity index (χ4v) is 4.73. The first-order chi connectivity index (χ1) is 11.1. The first-order valence-electron chi connectivity index (χ1n) is 8.42. The molecule has 1 saturated carbocycles. The van der Waals surface area contributed by atoms with E-state index in [-0.39, 0.29) is 17.7 Å². The van der Waals surface area contributed by atoms with E-state index >= 15 is 0 Å². The van der Waals surface area contributed by atoms with Gasteiger partial charge in [-0.3, -0.25) is 9.59 Å². The Balaban J connectivity index is 2.06. The van der Waals surface area contributed by atoms with Gasteiger partial charge in [-0.05, 0) is 25.8 Å². The van der Waals surface area contributed by atoms with Crippen molar-refractivity contribution in [3.8, 4) is 0 Å². The summed E-state index contributed by atoms with van der Waals surface area (Å²) in [4.78, 5) is 26.1. The highest BCUT2D eigenvalue weighted by atomic mass is 16.5. The highest BCUT2D eigenvalue weighted by Crippen LogP contribution is 2.55. The Morgan fingerprint density at radius 1 is 1.35 bits per heavy atom. The number of Topliss-reactive ketones (excluding diaryl/α,β-unsaturated/α-hetero) is 1. The molecule has 2 atom stereocenters. The van der Waals surface area contributed by atoms with E-state index < -0.39 is 5.41 Å². The molecule has 1 aromatic heterocycles. The molecule has 1 fully saturated rings. The highest BCUT2D eigenvalue weighted by molar-refractivity contribution is 6.14. The Morgan fingerprint density at radius 3 is 2.91 bits per heavy atom. The molecule has 0 bridgehead atoms. The van der Waals surface area contributed by atoms with Gasteiger partial charge in [-0.15, -0.1) is 0 Å². The zero-order valence-corrected chi connectivity index (χ0v) is 13.6. The van der Waals surface area contributed by atoms with Crippen molar-refractivity contribution < 1.29 is 14.3 Å². The van der Waals surface area contributed by atoms with Crippen LogP contribution in [-0.2, 0) is 22.0 Å². The molecule has 4 rings (SSSR count). The maximum Gasteiger partial charge on any atom is 0.317 e. The van der Waals surface area contributed by atoms with Crippen LogP contribution < -0.4 is 0 Å². The number of benzene rings is 1. The van der Waals surface area contributed by atoms with Crippen molar-refractivity contribution in [1.29, 1.82) is 0 Å². The van der Waals surface area contributed by atoms with Crippen molar-refractivity contribution in [3.63, 3.8) is 0 Å². The molecule has 0 unspecified atom stereocenters. The summed E-state index contributed by atoms with van der Waals surface area (Å²) in [7, 11) is 1.93. The molecular weight excluding hydrogens is 290 g/mol. The second-order valence-corrected chi connectivity index (χ2v) is 6.65. The van der Waals surface area contributed by atoms with Crippen LogP contribution in [-0.4, -0.2) is 22.9 Å². The van der Waals surface area contributed by atoms with Crippen LogP contribution in [0.15, 0.2) is 24.3 Å². The van der Waals surface area contributed by atoms with Gasteiger partial charge in [0.05, 0.1) is 12.3 Å². The number of hydrogen-bond donors (Lipinski definition) is 0.